The minimum atomic E-state index is -1.28. The van der Waals surface area contributed by atoms with Crippen LogP contribution in [-0.2, 0) is 5.60 Å². The summed E-state index contributed by atoms with van der Waals surface area (Å²) in [4.78, 5) is 11.2. The second kappa shape index (κ2) is 5.02. The molecular weight excluding hydrogens is 291 g/mol. The molecule has 0 aliphatic rings. The molecule has 2 rings (SSSR count). The van der Waals surface area contributed by atoms with Gasteiger partial charge in [-0.05, 0) is 30.7 Å². The summed E-state index contributed by atoms with van der Waals surface area (Å²) in [7, 11) is 0. The number of carbonyl (C=O) groups is 1. The Morgan fingerprint density at radius 1 is 1.33 bits per heavy atom. The fourth-order valence-corrected chi connectivity index (χ4v) is 3.22. The number of benzene rings is 1. The van der Waals surface area contributed by atoms with Gasteiger partial charge in [0.25, 0.3) is 0 Å². The molecule has 5 heteroatoms. The monoisotopic (exact) mass is 300 g/mol. The van der Waals surface area contributed by atoms with E-state index in [1.54, 1.807) is 37.3 Å². The summed E-state index contributed by atoms with van der Waals surface area (Å²) >= 11 is 13.1. The summed E-state index contributed by atoms with van der Waals surface area (Å²) in [6, 6.07) is 8.53. The molecule has 0 radical (unpaired) electrons. The van der Waals surface area contributed by atoms with E-state index in [4.69, 9.17) is 23.2 Å². The number of aliphatic hydroxyl groups is 1. The number of rotatable bonds is 3. The van der Waals surface area contributed by atoms with Crippen molar-refractivity contribution >= 4 is 40.8 Å². The molecule has 1 atom stereocenters. The quantitative estimate of drug-likeness (QED) is 0.866. The molecule has 1 N–H and O–H groups in total. The molecule has 0 spiro atoms. The predicted octanol–water partition coefficient (Wildman–Crippen LogP) is 4.12. The van der Waals surface area contributed by atoms with Crippen LogP contribution in [-0.4, -0.2) is 11.4 Å². The number of carbonyl (C=O) groups excluding carboxylic acids is 1. The Morgan fingerprint density at radius 3 is 2.61 bits per heavy atom. The molecule has 1 heterocycles. The summed E-state index contributed by atoms with van der Waals surface area (Å²) < 4.78 is 0.405. The molecule has 1 aromatic heterocycles. The smallest absolute Gasteiger partial charge is 0.160 e. The molecule has 0 saturated carbocycles. The number of hydrogen-bond donors (Lipinski definition) is 1. The highest BCUT2D eigenvalue weighted by atomic mass is 35.5. The van der Waals surface area contributed by atoms with Crippen LogP contribution in [0.25, 0.3) is 0 Å². The summed E-state index contributed by atoms with van der Waals surface area (Å²) in [5.74, 6) is 0. The fourth-order valence-electron chi connectivity index (χ4n) is 1.72. The van der Waals surface area contributed by atoms with E-state index in [2.05, 4.69) is 0 Å². The third-order valence-corrected chi connectivity index (χ3v) is 4.25. The van der Waals surface area contributed by atoms with Crippen molar-refractivity contribution in [1.29, 1.82) is 0 Å². The SMILES string of the molecule is C[C@](O)(c1cccc(Cl)c1)c1cc(C=O)sc1Cl. The van der Waals surface area contributed by atoms with Gasteiger partial charge in [0.15, 0.2) is 6.29 Å². The molecule has 0 saturated heterocycles. The van der Waals surface area contributed by atoms with Gasteiger partial charge in [0, 0.05) is 10.6 Å². The van der Waals surface area contributed by atoms with Gasteiger partial charge in [0.1, 0.15) is 5.60 Å². The Kier molecular flexibility index (Phi) is 3.78. The Labute approximate surface area is 119 Å². The average Bonchev–Trinajstić information content (AvgIpc) is 2.71. The zero-order chi connectivity index (χ0) is 13.3. The Balaban J connectivity index is 2.53. The molecule has 0 unspecified atom stereocenters. The van der Waals surface area contributed by atoms with E-state index < -0.39 is 5.60 Å². The molecule has 0 bridgehead atoms. The van der Waals surface area contributed by atoms with Gasteiger partial charge >= 0.3 is 0 Å². The van der Waals surface area contributed by atoms with E-state index >= 15 is 0 Å². The van der Waals surface area contributed by atoms with Crippen molar-refractivity contribution in [3.05, 3.63) is 55.7 Å². The van der Waals surface area contributed by atoms with Crippen LogP contribution in [0.4, 0.5) is 0 Å². The van der Waals surface area contributed by atoms with Crippen LogP contribution in [0.2, 0.25) is 9.36 Å². The second-order valence-corrected chi connectivity index (χ2v) is 6.16. The van der Waals surface area contributed by atoms with Crippen molar-refractivity contribution < 1.29 is 9.90 Å². The lowest BCUT2D eigenvalue weighted by molar-refractivity contribution is 0.103. The van der Waals surface area contributed by atoms with E-state index in [0.717, 1.165) is 11.3 Å². The van der Waals surface area contributed by atoms with Crippen LogP contribution in [0.1, 0.15) is 27.7 Å². The summed E-state index contributed by atoms with van der Waals surface area (Å²) in [6.07, 6.45) is 0.716. The lowest BCUT2D eigenvalue weighted by Crippen LogP contribution is -2.22. The number of halogens is 2. The van der Waals surface area contributed by atoms with Crippen LogP contribution >= 0.6 is 34.5 Å². The van der Waals surface area contributed by atoms with E-state index in [1.165, 1.54) is 0 Å². The van der Waals surface area contributed by atoms with Crippen LogP contribution in [0.5, 0.6) is 0 Å². The maximum absolute atomic E-state index is 10.7. The van der Waals surface area contributed by atoms with Gasteiger partial charge in [-0.3, -0.25) is 4.79 Å². The maximum Gasteiger partial charge on any atom is 0.160 e. The predicted molar refractivity (Wildman–Crippen MR) is 74.8 cm³/mol. The number of aldehydes is 1. The van der Waals surface area contributed by atoms with Crippen LogP contribution in [0.15, 0.2) is 30.3 Å². The molecule has 0 fully saturated rings. The van der Waals surface area contributed by atoms with E-state index in [1.807, 2.05) is 0 Å². The highest BCUT2D eigenvalue weighted by Crippen LogP contribution is 2.39. The van der Waals surface area contributed by atoms with E-state index in [-0.39, 0.29) is 0 Å². The van der Waals surface area contributed by atoms with Gasteiger partial charge in [-0.15, -0.1) is 11.3 Å². The van der Waals surface area contributed by atoms with Gasteiger partial charge < -0.3 is 5.11 Å². The van der Waals surface area contributed by atoms with Gasteiger partial charge in [0.05, 0.1) is 9.21 Å². The van der Waals surface area contributed by atoms with Crippen molar-refractivity contribution in [2.45, 2.75) is 12.5 Å². The molecule has 0 amide bonds. The third-order valence-electron chi connectivity index (χ3n) is 2.73. The Morgan fingerprint density at radius 2 is 2.06 bits per heavy atom. The topological polar surface area (TPSA) is 37.3 Å². The van der Waals surface area contributed by atoms with E-state index in [0.29, 0.717) is 31.6 Å². The molecular formula is C13H10Cl2O2S. The lowest BCUT2D eigenvalue weighted by Gasteiger charge is -2.23. The Bertz CT molecular complexity index is 590. The maximum atomic E-state index is 10.7. The van der Waals surface area contributed by atoms with Crippen molar-refractivity contribution in [1.82, 2.24) is 0 Å². The third kappa shape index (κ3) is 2.45. The highest BCUT2D eigenvalue weighted by Gasteiger charge is 2.30. The van der Waals surface area contributed by atoms with Crippen molar-refractivity contribution in [3.8, 4) is 0 Å². The molecule has 1 aromatic carbocycles. The van der Waals surface area contributed by atoms with Gasteiger partial charge in [-0.25, -0.2) is 0 Å². The van der Waals surface area contributed by atoms with Gasteiger partial charge in [0.2, 0.25) is 0 Å². The standard InChI is InChI=1S/C13H10Cl2O2S/c1-13(17,8-3-2-4-9(14)5-8)11-6-10(7-16)18-12(11)15/h2-7,17H,1H3/t13-/m0/s1. The van der Waals surface area contributed by atoms with Crippen molar-refractivity contribution in [3.63, 3.8) is 0 Å². The van der Waals surface area contributed by atoms with Crippen LogP contribution < -0.4 is 0 Å². The minimum absolute atomic E-state index is 0.405. The molecule has 0 aliphatic heterocycles. The van der Waals surface area contributed by atoms with Gasteiger partial charge in [-0.2, -0.15) is 0 Å². The molecule has 18 heavy (non-hydrogen) atoms. The normalized spacial score (nSPS) is 14.2. The first-order valence-electron chi connectivity index (χ1n) is 5.18. The molecule has 2 nitrogen and oxygen atoms in total. The average molecular weight is 301 g/mol. The largest absolute Gasteiger partial charge is 0.381 e. The van der Waals surface area contributed by atoms with Crippen molar-refractivity contribution in [2.24, 2.45) is 0 Å². The highest BCUT2D eigenvalue weighted by molar-refractivity contribution is 7.17. The molecule has 2 aromatic rings. The Hall–Kier alpha value is -0.870. The summed E-state index contributed by atoms with van der Waals surface area (Å²) in [6.45, 7) is 1.63. The first-order valence-corrected chi connectivity index (χ1v) is 6.76. The second-order valence-electron chi connectivity index (χ2n) is 4.04. The van der Waals surface area contributed by atoms with Gasteiger partial charge in [-0.1, -0.05) is 35.3 Å². The van der Waals surface area contributed by atoms with Crippen LogP contribution in [0.3, 0.4) is 0 Å². The molecule has 0 aliphatic carbocycles. The van der Waals surface area contributed by atoms with Crippen LogP contribution in [0, 0.1) is 0 Å². The number of hydrogen-bond acceptors (Lipinski definition) is 3. The lowest BCUT2D eigenvalue weighted by atomic mass is 9.90. The first-order chi connectivity index (χ1) is 8.45. The first kappa shape index (κ1) is 13.6. The van der Waals surface area contributed by atoms with Crippen molar-refractivity contribution in [2.75, 3.05) is 0 Å². The zero-order valence-corrected chi connectivity index (χ0v) is 11.8. The zero-order valence-electron chi connectivity index (χ0n) is 9.48. The number of thiophene rings is 1. The minimum Gasteiger partial charge on any atom is -0.381 e. The molecule has 94 valence electrons. The fraction of sp³-hybridized carbons (Fsp3) is 0.154. The summed E-state index contributed by atoms with van der Waals surface area (Å²) in [5, 5.41) is 11.2. The van der Waals surface area contributed by atoms with E-state index in [9.17, 15) is 9.90 Å². The summed E-state index contributed by atoms with van der Waals surface area (Å²) in [5.41, 5.74) is -0.134.